The van der Waals surface area contributed by atoms with Gasteiger partial charge in [0.1, 0.15) is 11.6 Å². The fourth-order valence-electron chi connectivity index (χ4n) is 6.21. The minimum atomic E-state index is -4.57. The smallest absolute Gasteiger partial charge is 0.416 e. The summed E-state index contributed by atoms with van der Waals surface area (Å²) in [5.41, 5.74) is -0.760. The molecule has 200 valence electrons. The summed E-state index contributed by atoms with van der Waals surface area (Å²) in [4.78, 5) is 21.1. The Bertz CT molecular complexity index is 1190. The molecule has 37 heavy (non-hydrogen) atoms. The second-order valence-corrected chi connectivity index (χ2v) is 16.2. The van der Waals surface area contributed by atoms with Crippen molar-refractivity contribution in [2.45, 2.75) is 76.4 Å². The van der Waals surface area contributed by atoms with Gasteiger partial charge in [-0.05, 0) is 59.1 Å². The molecule has 0 radical (unpaired) electrons. The third kappa shape index (κ3) is 4.39. The first-order valence-corrected chi connectivity index (χ1v) is 14.9. The van der Waals surface area contributed by atoms with E-state index in [1.807, 2.05) is 29.2 Å². The van der Waals surface area contributed by atoms with Crippen LogP contribution in [-0.4, -0.2) is 39.2 Å². The minimum Gasteiger partial charge on any atom is -0.497 e. The monoisotopic (exact) mass is 532 g/mol. The number of halogens is 3. The molecule has 0 bridgehead atoms. The molecular formula is C28H35F3N2O3Si. The van der Waals surface area contributed by atoms with E-state index >= 15 is 0 Å². The van der Waals surface area contributed by atoms with Crippen molar-refractivity contribution in [1.29, 1.82) is 0 Å². The highest BCUT2D eigenvalue weighted by molar-refractivity contribution is 6.78. The molecular weight excluding hydrogens is 497 g/mol. The lowest BCUT2D eigenvalue weighted by Gasteiger charge is -2.48. The molecule has 1 unspecified atom stereocenters. The van der Waals surface area contributed by atoms with Gasteiger partial charge >= 0.3 is 6.18 Å². The van der Waals surface area contributed by atoms with Crippen molar-refractivity contribution in [2.75, 3.05) is 18.6 Å². The lowest BCUT2D eigenvalue weighted by molar-refractivity contribution is -0.137. The molecule has 0 N–H and O–H groups in total. The normalized spacial score (nSPS) is 20.0. The summed E-state index contributed by atoms with van der Waals surface area (Å²) >= 11 is 0. The summed E-state index contributed by atoms with van der Waals surface area (Å²) in [7, 11) is -1.05. The third-order valence-electron chi connectivity index (χ3n) is 7.91. The number of rotatable bonds is 7. The Hall–Kier alpha value is -2.65. The Kier molecular flexibility index (Phi) is 7.09. The van der Waals surface area contributed by atoms with E-state index in [0.29, 0.717) is 24.6 Å². The molecule has 0 saturated carbocycles. The number of aliphatic imine (C=N–C) groups is 1. The van der Waals surface area contributed by atoms with Crippen LogP contribution in [0.4, 0.5) is 24.5 Å². The first-order chi connectivity index (χ1) is 17.3. The van der Waals surface area contributed by atoms with Gasteiger partial charge in [-0.1, -0.05) is 41.5 Å². The second-order valence-electron chi connectivity index (χ2n) is 10.8. The number of nitrogens with zero attached hydrogens (tertiary/aromatic N) is 2. The molecule has 1 fully saturated rings. The summed E-state index contributed by atoms with van der Waals surface area (Å²) in [5.74, 6) is 0.713. The van der Waals surface area contributed by atoms with E-state index in [-0.39, 0.29) is 27.9 Å². The summed E-state index contributed by atoms with van der Waals surface area (Å²) in [6.45, 7) is 13.2. The number of hydrogen-bond acceptors (Lipinski definition) is 5. The maximum atomic E-state index is 14.3. The van der Waals surface area contributed by atoms with E-state index in [1.54, 1.807) is 7.11 Å². The molecule has 2 heterocycles. The molecule has 9 heteroatoms. The Morgan fingerprint density at radius 3 is 2.08 bits per heavy atom. The molecule has 2 aliphatic heterocycles. The topological polar surface area (TPSA) is 51.1 Å². The molecule has 4 rings (SSSR count). The van der Waals surface area contributed by atoms with Crippen LogP contribution in [0.15, 0.2) is 47.5 Å². The summed E-state index contributed by atoms with van der Waals surface area (Å²) in [6, 6.07) is 10.6. The predicted molar refractivity (Wildman–Crippen MR) is 143 cm³/mol. The van der Waals surface area contributed by atoms with Crippen LogP contribution in [0.1, 0.15) is 63.9 Å². The van der Waals surface area contributed by atoms with Crippen molar-refractivity contribution in [3.8, 4) is 5.75 Å². The van der Waals surface area contributed by atoms with Crippen molar-refractivity contribution >= 4 is 31.3 Å². The van der Waals surface area contributed by atoms with Gasteiger partial charge in [-0.3, -0.25) is 4.79 Å². The minimum absolute atomic E-state index is 0.0330. The van der Waals surface area contributed by atoms with Crippen LogP contribution in [0.2, 0.25) is 16.6 Å². The van der Waals surface area contributed by atoms with E-state index in [0.717, 1.165) is 17.8 Å². The van der Waals surface area contributed by atoms with Gasteiger partial charge in [-0.2, -0.15) is 13.2 Å². The van der Waals surface area contributed by atoms with Crippen LogP contribution in [0.5, 0.6) is 5.75 Å². The molecule has 1 saturated heterocycles. The fourth-order valence-corrected chi connectivity index (χ4v) is 11.8. The molecule has 5 nitrogen and oxygen atoms in total. The number of ether oxygens (including phenoxy) is 1. The van der Waals surface area contributed by atoms with Gasteiger partial charge in [0, 0.05) is 24.2 Å². The summed E-state index contributed by atoms with van der Waals surface area (Å²) < 4.78 is 53.2. The number of methoxy groups -OCH3 is 1. The fraction of sp³-hybridized carbons (Fsp3) is 0.500. The van der Waals surface area contributed by atoms with E-state index < -0.39 is 31.4 Å². The number of Topliss-reactive ketones (excluding diaryl/α,β-unsaturated/α-hetero) is 1. The first kappa shape index (κ1) is 27.4. The van der Waals surface area contributed by atoms with Crippen LogP contribution in [0, 0.1) is 0 Å². The molecule has 1 atom stereocenters. The Morgan fingerprint density at radius 1 is 0.973 bits per heavy atom. The molecule has 2 aromatic rings. The van der Waals surface area contributed by atoms with Crippen LogP contribution < -0.4 is 9.64 Å². The zero-order valence-corrected chi connectivity index (χ0v) is 23.4. The molecule has 2 aromatic carbocycles. The van der Waals surface area contributed by atoms with Crippen molar-refractivity contribution in [3.05, 3.63) is 53.6 Å². The van der Waals surface area contributed by atoms with Crippen molar-refractivity contribution in [3.63, 3.8) is 0 Å². The quantitative estimate of drug-likeness (QED) is 0.342. The number of alkyl halides is 3. The van der Waals surface area contributed by atoms with Crippen LogP contribution >= 0.6 is 0 Å². The second kappa shape index (κ2) is 9.58. The average molecular weight is 533 g/mol. The Balaban J connectivity index is 1.93. The maximum Gasteiger partial charge on any atom is 0.416 e. The zero-order valence-electron chi connectivity index (χ0n) is 22.4. The third-order valence-corrected chi connectivity index (χ3v) is 14.0. The van der Waals surface area contributed by atoms with Gasteiger partial charge in [0.15, 0.2) is 5.60 Å². The highest BCUT2D eigenvalue weighted by atomic mass is 28.4. The number of ketones is 1. The Morgan fingerprint density at radius 2 is 1.57 bits per heavy atom. The van der Waals surface area contributed by atoms with Gasteiger partial charge in [-0.15, -0.1) is 0 Å². The van der Waals surface area contributed by atoms with Crippen LogP contribution in [0.3, 0.4) is 0 Å². The molecule has 0 aromatic heterocycles. The zero-order chi connectivity index (χ0) is 27.3. The Labute approximate surface area is 217 Å². The molecule has 0 aliphatic carbocycles. The molecule has 0 amide bonds. The highest BCUT2D eigenvalue weighted by Crippen LogP contribution is 2.50. The van der Waals surface area contributed by atoms with Gasteiger partial charge in [0.2, 0.25) is 14.1 Å². The largest absolute Gasteiger partial charge is 0.497 e. The molecule has 2 aliphatic rings. The number of amidine groups is 1. The number of carbonyl (C=O) groups is 1. The maximum absolute atomic E-state index is 14.3. The van der Waals surface area contributed by atoms with Gasteiger partial charge in [0.25, 0.3) is 0 Å². The number of hydrogen-bond donors (Lipinski definition) is 0. The standard InChI is InChI=1S/C28H35F3N2O3Si/c1-17(2)37(18(3)4,19(5)6)36-27-14-15-33(21-9-11-22(35-7)12-10-21)26(27)32-24-13-8-20(28(29,30)31)16-23(24)25(27)34/h8-13,16-19H,14-15H2,1-7H3. The van der Waals surface area contributed by atoms with Crippen molar-refractivity contribution < 1.29 is 27.1 Å². The van der Waals surface area contributed by atoms with Crippen LogP contribution in [-0.2, 0) is 10.6 Å². The lowest BCUT2D eigenvalue weighted by Crippen LogP contribution is -2.61. The van der Waals surface area contributed by atoms with E-state index in [1.165, 1.54) is 6.07 Å². The van der Waals surface area contributed by atoms with Crippen molar-refractivity contribution in [2.24, 2.45) is 4.99 Å². The predicted octanol–water partition coefficient (Wildman–Crippen LogP) is 7.78. The number of fused-ring (bicyclic) bond motifs is 2. The highest BCUT2D eigenvalue weighted by Gasteiger charge is 2.60. The first-order valence-electron chi connectivity index (χ1n) is 12.7. The number of benzene rings is 2. The summed E-state index contributed by atoms with van der Waals surface area (Å²) in [5, 5.41) is 0. The number of anilines is 1. The average Bonchev–Trinajstić information content (AvgIpc) is 3.20. The van der Waals surface area contributed by atoms with Crippen LogP contribution in [0.25, 0.3) is 0 Å². The van der Waals surface area contributed by atoms with E-state index in [4.69, 9.17) is 14.2 Å². The lowest BCUT2D eigenvalue weighted by atomic mass is 9.87. The van der Waals surface area contributed by atoms with E-state index in [2.05, 4.69) is 41.5 Å². The number of carbonyl (C=O) groups excluding carboxylic acids is 1. The van der Waals surface area contributed by atoms with E-state index in [9.17, 15) is 18.0 Å². The molecule has 0 spiro atoms. The SMILES string of the molecule is COc1ccc(N2CCC3(O[Si](C(C)C)(C(C)C)C(C)C)C(=O)c4cc(C(F)(F)F)ccc4N=C23)cc1. The van der Waals surface area contributed by atoms with Gasteiger partial charge < -0.3 is 14.1 Å². The van der Waals surface area contributed by atoms with Crippen molar-refractivity contribution in [1.82, 2.24) is 0 Å². The van der Waals surface area contributed by atoms with Gasteiger partial charge in [-0.25, -0.2) is 4.99 Å². The summed E-state index contributed by atoms with van der Waals surface area (Å²) in [6.07, 6.45) is -4.25. The van der Waals surface area contributed by atoms with Gasteiger partial charge in [0.05, 0.1) is 18.4 Å².